The zero-order valence-electron chi connectivity index (χ0n) is 22.4. The number of hydrogen-bond donors (Lipinski definition) is 1. The molecular formula is C28H29F2N7O3. The van der Waals surface area contributed by atoms with Crippen molar-refractivity contribution < 1.29 is 23.0 Å². The van der Waals surface area contributed by atoms with Crippen LogP contribution in [0.25, 0.3) is 11.4 Å². The van der Waals surface area contributed by atoms with Gasteiger partial charge >= 0.3 is 6.09 Å². The molecule has 3 heterocycles. The van der Waals surface area contributed by atoms with E-state index < -0.39 is 28.7 Å². The number of hydrogen-bond acceptors (Lipinski definition) is 9. The Labute approximate surface area is 230 Å². The molecule has 2 aliphatic rings. The zero-order chi connectivity index (χ0) is 28.5. The van der Waals surface area contributed by atoms with E-state index in [4.69, 9.17) is 14.5 Å². The number of aromatic nitrogens is 4. The van der Waals surface area contributed by atoms with E-state index in [9.17, 15) is 18.8 Å². The molecule has 1 aliphatic heterocycles. The largest absolute Gasteiger partial charge is 0.487 e. The third-order valence-electron chi connectivity index (χ3n) is 6.67. The summed E-state index contributed by atoms with van der Waals surface area (Å²) in [6, 6.07) is 8.88. The Hall–Kier alpha value is -4.40. The number of amides is 1. The number of ether oxygens (including phenoxy) is 2. The van der Waals surface area contributed by atoms with Gasteiger partial charge in [-0.05, 0) is 57.9 Å². The van der Waals surface area contributed by atoms with Crippen LogP contribution in [0.15, 0.2) is 36.5 Å². The molecule has 10 nitrogen and oxygen atoms in total. The highest BCUT2D eigenvalue weighted by molar-refractivity contribution is 5.83. The minimum absolute atomic E-state index is 0.0197. The molecule has 3 aromatic rings. The van der Waals surface area contributed by atoms with Gasteiger partial charge in [-0.3, -0.25) is 5.32 Å². The normalized spacial score (nSPS) is 16.6. The minimum atomic E-state index is -0.735. The molecule has 0 radical (unpaired) electrons. The minimum Gasteiger partial charge on any atom is -0.487 e. The van der Waals surface area contributed by atoms with E-state index in [0.29, 0.717) is 61.7 Å². The van der Waals surface area contributed by atoms with Crippen LogP contribution >= 0.6 is 0 Å². The van der Waals surface area contributed by atoms with E-state index in [0.717, 1.165) is 6.07 Å². The summed E-state index contributed by atoms with van der Waals surface area (Å²) < 4.78 is 38.4. The number of nitrogens with zero attached hydrogens (tertiary/aromatic N) is 6. The lowest BCUT2D eigenvalue weighted by Gasteiger charge is -2.33. The second-order valence-electron chi connectivity index (χ2n) is 10.9. The summed E-state index contributed by atoms with van der Waals surface area (Å²) in [6.07, 6.45) is 3.31. The lowest BCUT2D eigenvalue weighted by atomic mass is 10.0. The van der Waals surface area contributed by atoms with Crippen molar-refractivity contribution in [3.63, 3.8) is 0 Å². The molecule has 5 rings (SSSR count). The van der Waals surface area contributed by atoms with Crippen LogP contribution in [0.2, 0.25) is 0 Å². The van der Waals surface area contributed by atoms with Gasteiger partial charge in [0.25, 0.3) is 0 Å². The summed E-state index contributed by atoms with van der Waals surface area (Å²) in [5.74, 6) is -0.584. The topological polar surface area (TPSA) is 126 Å². The third-order valence-corrected chi connectivity index (χ3v) is 6.67. The van der Waals surface area contributed by atoms with Gasteiger partial charge in [0.1, 0.15) is 34.3 Å². The maximum atomic E-state index is 14.1. The van der Waals surface area contributed by atoms with Crippen LogP contribution in [0.3, 0.4) is 0 Å². The van der Waals surface area contributed by atoms with Crippen LogP contribution in [-0.4, -0.2) is 51.1 Å². The van der Waals surface area contributed by atoms with Gasteiger partial charge < -0.3 is 14.4 Å². The molecule has 12 heteroatoms. The molecule has 40 heavy (non-hydrogen) atoms. The summed E-state index contributed by atoms with van der Waals surface area (Å²) >= 11 is 0. The molecule has 0 spiro atoms. The van der Waals surface area contributed by atoms with Crippen molar-refractivity contribution in [2.24, 2.45) is 0 Å². The van der Waals surface area contributed by atoms with Crippen molar-refractivity contribution in [2.45, 2.75) is 63.6 Å². The first-order valence-corrected chi connectivity index (χ1v) is 13.0. The van der Waals surface area contributed by atoms with E-state index >= 15 is 0 Å². The van der Waals surface area contributed by atoms with Crippen molar-refractivity contribution in [1.29, 1.82) is 5.26 Å². The van der Waals surface area contributed by atoms with Gasteiger partial charge in [0.15, 0.2) is 23.2 Å². The number of nitrogens with one attached hydrogen (secondary N) is 1. The number of rotatable bonds is 6. The van der Waals surface area contributed by atoms with Gasteiger partial charge in [0, 0.05) is 32.0 Å². The van der Waals surface area contributed by atoms with Crippen LogP contribution in [-0.2, 0) is 10.2 Å². The van der Waals surface area contributed by atoms with E-state index in [1.807, 2.05) is 4.90 Å². The van der Waals surface area contributed by atoms with Gasteiger partial charge in [-0.15, -0.1) is 10.2 Å². The summed E-state index contributed by atoms with van der Waals surface area (Å²) in [5.41, 5.74) is 0.176. The van der Waals surface area contributed by atoms with Crippen LogP contribution in [0.1, 0.15) is 52.1 Å². The van der Waals surface area contributed by atoms with Gasteiger partial charge in [0.2, 0.25) is 0 Å². The highest BCUT2D eigenvalue weighted by atomic mass is 19.1. The summed E-state index contributed by atoms with van der Waals surface area (Å²) in [7, 11) is 0. The highest BCUT2D eigenvalue weighted by Crippen LogP contribution is 2.47. The molecule has 1 saturated heterocycles. The lowest BCUT2D eigenvalue weighted by molar-refractivity contribution is 0.0635. The number of anilines is 2. The fraction of sp³-hybridized carbons (Fsp3) is 0.429. The Bertz CT molecular complexity index is 1440. The van der Waals surface area contributed by atoms with Gasteiger partial charge in [0.05, 0.1) is 18.0 Å². The van der Waals surface area contributed by atoms with Crippen LogP contribution < -0.4 is 15.0 Å². The van der Waals surface area contributed by atoms with Crippen molar-refractivity contribution in [2.75, 3.05) is 23.3 Å². The first-order chi connectivity index (χ1) is 19.0. The average molecular weight is 550 g/mol. The van der Waals surface area contributed by atoms with E-state index in [1.165, 1.54) is 12.1 Å². The molecule has 1 aliphatic carbocycles. The van der Waals surface area contributed by atoms with Crippen molar-refractivity contribution in [3.8, 4) is 23.2 Å². The molecule has 1 aromatic carbocycles. The number of nitriles is 1. The number of benzene rings is 1. The molecule has 1 amide bonds. The van der Waals surface area contributed by atoms with Gasteiger partial charge in [-0.1, -0.05) is 0 Å². The SMILES string of the molecule is CC(C)(C)OC(=O)Nc1ccc(-c2nc(C3(C#N)CC3)cnc2N2CCC(Oc3ccc(F)cc3F)CC2)nn1. The number of carbonyl (C=O) groups is 1. The average Bonchev–Trinajstić information content (AvgIpc) is 3.71. The first kappa shape index (κ1) is 27.2. The third kappa shape index (κ3) is 6.09. The predicted molar refractivity (Wildman–Crippen MR) is 142 cm³/mol. The van der Waals surface area contributed by atoms with Gasteiger partial charge in [-0.25, -0.2) is 23.5 Å². The smallest absolute Gasteiger partial charge is 0.413 e. The fourth-order valence-electron chi connectivity index (χ4n) is 4.44. The Morgan fingerprint density at radius 1 is 1.15 bits per heavy atom. The molecule has 2 fully saturated rings. The highest BCUT2D eigenvalue weighted by Gasteiger charge is 2.47. The van der Waals surface area contributed by atoms with Crippen molar-refractivity contribution in [3.05, 3.63) is 53.9 Å². The monoisotopic (exact) mass is 549 g/mol. The van der Waals surface area contributed by atoms with E-state index in [-0.39, 0.29) is 17.7 Å². The molecule has 1 N–H and O–H groups in total. The van der Waals surface area contributed by atoms with Crippen molar-refractivity contribution in [1.82, 2.24) is 20.2 Å². The quantitative estimate of drug-likeness (QED) is 0.443. The molecule has 0 unspecified atom stereocenters. The van der Waals surface area contributed by atoms with E-state index in [2.05, 4.69) is 26.6 Å². The standard InChI is InChI=1S/C28H29F2N7O3/c1-27(2,3)40-26(38)34-23-7-5-20(35-36-23)24-25(32-15-22(33-24)28(16-31)10-11-28)37-12-8-18(9-13-37)39-21-6-4-17(29)14-19(21)30/h4-7,14-15,18H,8-13H2,1-3H3,(H,34,36,38). The van der Waals surface area contributed by atoms with E-state index in [1.54, 1.807) is 39.1 Å². The molecule has 2 aromatic heterocycles. The Morgan fingerprint density at radius 3 is 2.50 bits per heavy atom. The number of piperidine rings is 1. The Balaban J connectivity index is 1.35. The fourth-order valence-corrected chi connectivity index (χ4v) is 4.44. The van der Waals surface area contributed by atoms with Crippen LogP contribution in [0.4, 0.5) is 25.2 Å². The molecule has 1 saturated carbocycles. The first-order valence-electron chi connectivity index (χ1n) is 13.0. The Morgan fingerprint density at radius 2 is 1.90 bits per heavy atom. The molecule has 0 atom stereocenters. The second kappa shape index (κ2) is 10.6. The molecular weight excluding hydrogens is 520 g/mol. The predicted octanol–water partition coefficient (Wildman–Crippen LogP) is 5.16. The Kier molecular flexibility index (Phi) is 7.23. The lowest BCUT2D eigenvalue weighted by Crippen LogP contribution is -2.39. The number of carbonyl (C=O) groups excluding carboxylic acids is 1. The maximum Gasteiger partial charge on any atom is 0.413 e. The van der Waals surface area contributed by atoms with Crippen LogP contribution in [0, 0.1) is 23.0 Å². The maximum absolute atomic E-state index is 14.1. The van der Waals surface area contributed by atoms with Crippen molar-refractivity contribution >= 4 is 17.7 Å². The molecule has 0 bridgehead atoms. The van der Waals surface area contributed by atoms with Gasteiger partial charge in [-0.2, -0.15) is 5.26 Å². The summed E-state index contributed by atoms with van der Waals surface area (Å²) in [4.78, 5) is 23.6. The van der Waals surface area contributed by atoms with Crippen LogP contribution in [0.5, 0.6) is 5.75 Å². The molecule has 208 valence electrons. The number of halogens is 2. The summed E-state index contributed by atoms with van der Waals surface area (Å²) in [6.45, 7) is 6.38. The second-order valence-corrected chi connectivity index (χ2v) is 10.9. The zero-order valence-corrected chi connectivity index (χ0v) is 22.4. The summed E-state index contributed by atoms with van der Waals surface area (Å²) in [5, 5.41) is 20.7.